The summed E-state index contributed by atoms with van der Waals surface area (Å²) in [6.45, 7) is 6.21. The summed E-state index contributed by atoms with van der Waals surface area (Å²) in [7, 11) is 0. The molecule has 0 aliphatic rings. The third kappa shape index (κ3) is 3.59. The van der Waals surface area contributed by atoms with Gasteiger partial charge in [0.2, 0.25) is 0 Å². The molecule has 0 bridgehead atoms. The van der Waals surface area contributed by atoms with E-state index in [4.69, 9.17) is 11.1 Å². The van der Waals surface area contributed by atoms with Crippen LogP contribution in [0.1, 0.15) is 18.1 Å². The Kier molecular flexibility index (Phi) is 4.21. The van der Waals surface area contributed by atoms with Gasteiger partial charge in [0.25, 0.3) is 0 Å². The van der Waals surface area contributed by atoms with Crippen molar-refractivity contribution in [2.24, 2.45) is 11.7 Å². The third-order valence-corrected chi connectivity index (χ3v) is 3.76. The molecule has 82 valence electrons. The summed E-state index contributed by atoms with van der Waals surface area (Å²) in [6.07, 6.45) is 0. The second-order valence-corrected chi connectivity index (χ2v) is 5.01. The normalized spacial score (nSPS) is 12.5. The molecule has 2 nitrogen and oxygen atoms in total. The van der Waals surface area contributed by atoms with E-state index in [0.717, 1.165) is 5.75 Å². The molecule has 0 spiro atoms. The van der Waals surface area contributed by atoms with Crippen LogP contribution in [0, 0.1) is 25.2 Å². The van der Waals surface area contributed by atoms with Crippen molar-refractivity contribution in [3.8, 4) is 0 Å². The molecule has 0 amide bonds. The molecule has 15 heavy (non-hydrogen) atoms. The first-order valence-electron chi connectivity index (χ1n) is 5.04. The molecule has 0 saturated heterocycles. The minimum Gasteiger partial charge on any atom is -0.387 e. The fourth-order valence-electron chi connectivity index (χ4n) is 1.11. The summed E-state index contributed by atoms with van der Waals surface area (Å²) >= 11 is 1.76. The zero-order valence-electron chi connectivity index (χ0n) is 9.50. The van der Waals surface area contributed by atoms with E-state index in [1.807, 2.05) is 6.92 Å². The van der Waals surface area contributed by atoms with Crippen LogP contribution in [0.25, 0.3) is 0 Å². The van der Waals surface area contributed by atoms with Crippen LogP contribution in [0.2, 0.25) is 0 Å². The van der Waals surface area contributed by atoms with E-state index in [-0.39, 0.29) is 11.8 Å². The van der Waals surface area contributed by atoms with E-state index in [1.165, 1.54) is 16.0 Å². The maximum Gasteiger partial charge on any atom is 0.0942 e. The SMILES string of the molecule is Cc1ccc(SCC(C)C(=N)N)cc1C. The average molecular weight is 222 g/mol. The van der Waals surface area contributed by atoms with Crippen molar-refractivity contribution in [2.75, 3.05) is 5.75 Å². The topological polar surface area (TPSA) is 49.9 Å². The van der Waals surface area contributed by atoms with Crippen LogP contribution in [-0.2, 0) is 0 Å². The van der Waals surface area contributed by atoms with E-state index >= 15 is 0 Å². The molecule has 3 heteroatoms. The van der Waals surface area contributed by atoms with Gasteiger partial charge in [-0.1, -0.05) is 13.0 Å². The zero-order valence-corrected chi connectivity index (χ0v) is 10.3. The summed E-state index contributed by atoms with van der Waals surface area (Å²) in [4.78, 5) is 1.26. The van der Waals surface area contributed by atoms with Gasteiger partial charge in [0.15, 0.2) is 0 Å². The standard InChI is InChI=1S/C12H18N2S/c1-8-4-5-11(6-9(8)2)15-7-10(3)12(13)14/h4-6,10H,7H2,1-3H3,(H3,13,14). The van der Waals surface area contributed by atoms with Gasteiger partial charge in [0.05, 0.1) is 5.84 Å². The first kappa shape index (κ1) is 12.1. The van der Waals surface area contributed by atoms with E-state index in [1.54, 1.807) is 11.8 Å². The molecule has 0 fully saturated rings. The smallest absolute Gasteiger partial charge is 0.0942 e. The Balaban J connectivity index is 2.58. The number of amidine groups is 1. The number of benzene rings is 1. The molecule has 0 aliphatic heterocycles. The molecule has 3 N–H and O–H groups in total. The molecule has 0 aliphatic carbocycles. The second-order valence-electron chi connectivity index (χ2n) is 3.91. The van der Waals surface area contributed by atoms with Crippen LogP contribution in [-0.4, -0.2) is 11.6 Å². The van der Waals surface area contributed by atoms with Crippen LogP contribution >= 0.6 is 11.8 Å². The number of hydrogen-bond donors (Lipinski definition) is 2. The predicted octanol–water partition coefficient (Wildman–Crippen LogP) is 2.97. The maximum atomic E-state index is 7.31. The van der Waals surface area contributed by atoms with E-state index < -0.39 is 0 Å². The Morgan fingerprint density at radius 1 is 1.40 bits per heavy atom. The highest BCUT2D eigenvalue weighted by molar-refractivity contribution is 7.99. The molecular formula is C12H18N2S. The Morgan fingerprint density at radius 2 is 2.07 bits per heavy atom. The number of hydrogen-bond acceptors (Lipinski definition) is 2. The van der Waals surface area contributed by atoms with Crippen molar-refractivity contribution in [3.63, 3.8) is 0 Å². The van der Waals surface area contributed by atoms with Crippen LogP contribution in [0.3, 0.4) is 0 Å². The van der Waals surface area contributed by atoms with Crippen molar-refractivity contribution >= 4 is 17.6 Å². The lowest BCUT2D eigenvalue weighted by molar-refractivity contribution is 0.879. The van der Waals surface area contributed by atoms with E-state index in [2.05, 4.69) is 32.0 Å². The van der Waals surface area contributed by atoms with Crippen molar-refractivity contribution < 1.29 is 0 Å². The largest absolute Gasteiger partial charge is 0.387 e. The van der Waals surface area contributed by atoms with Gasteiger partial charge in [0.1, 0.15) is 0 Å². The number of rotatable bonds is 4. The number of aryl methyl sites for hydroxylation is 2. The molecule has 0 saturated carbocycles. The average Bonchev–Trinajstić information content (AvgIpc) is 2.19. The molecule has 1 unspecified atom stereocenters. The van der Waals surface area contributed by atoms with Gasteiger partial charge < -0.3 is 5.73 Å². The van der Waals surface area contributed by atoms with Gasteiger partial charge >= 0.3 is 0 Å². The van der Waals surface area contributed by atoms with E-state index in [0.29, 0.717) is 0 Å². The highest BCUT2D eigenvalue weighted by atomic mass is 32.2. The molecule has 1 aromatic carbocycles. The number of nitrogens with two attached hydrogens (primary N) is 1. The predicted molar refractivity (Wildman–Crippen MR) is 67.7 cm³/mol. The molecular weight excluding hydrogens is 204 g/mol. The lowest BCUT2D eigenvalue weighted by atomic mass is 10.1. The lowest BCUT2D eigenvalue weighted by Gasteiger charge is -2.09. The lowest BCUT2D eigenvalue weighted by Crippen LogP contribution is -2.21. The third-order valence-electron chi connectivity index (χ3n) is 2.51. The Hall–Kier alpha value is -0.960. The van der Waals surface area contributed by atoms with Gasteiger partial charge in [-0.15, -0.1) is 11.8 Å². The molecule has 0 radical (unpaired) electrons. The molecule has 0 aromatic heterocycles. The fourth-order valence-corrected chi connectivity index (χ4v) is 2.16. The molecule has 1 rings (SSSR count). The molecule has 1 atom stereocenters. The highest BCUT2D eigenvalue weighted by Gasteiger charge is 2.06. The summed E-state index contributed by atoms with van der Waals surface area (Å²) in [6, 6.07) is 6.45. The Labute approximate surface area is 95.8 Å². The van der Waals surface area contributed by atoms with Gasteiger partial charge in [-0.2, -0.15) is 0 Å². The zero-order chi connectivity index (χ0) is 11.4. The van der Waals surface area contributed by atoms with Crippen LogP contribution in [0.15, 0.2) is 23.1 Å². The number of thioether (sulfide) groups is 1. The van der Waals surface area contributed by atoms with Gasteiger partial charge in [-0.25, -0.2) is 0 Å². The quantitative estimate of drug-likeness (QED) is 0.467. The van der Waals surface area contributed by atoms with Crippen molar-refractivity contribution in [3.05, 3.63) is 29.3 Å². The summed E-state index contributed by atoms with van der Waals surface area (Å²) in [5.41, 5.74) is 8.06. The number of nitrogens with one attached hydrogen (secondary N) is 1. The molecule has 1 aromatic rings. The Morgan fingerprint density at radius 3 is 2.60 bits per heavy atom. The monoisotopic (exact) mass is 222 g/mol. The maximum absolute atomic E-state index is 7.31. The fraction of sp³-hybridized carbons (Fsp3) is 0.417. The van der Waals surface area contributed by atoms with Crippen molar-refractivity contribution in [2.45, 2.75) is 25.7 Å². The summed E-state index contributed by atoms with van der Waals surface area (Å²) in [5, 5.41) is 7.31. The summed E-state index contributed by atoms with van der Waals surface area (Å²) < 4.78 is 0. The second kappa shape index (κ2) is 5.21. The first-order chi connectivity index (χ1) is 7.00. The van der Waals surface area contributed by atoms with Crippen LogP contribution in [0.4, 0.5) is 0 Å². The molecule has 0 heterocycles. The minimum atomic E-state index is 0.150. The van der Waals surface area contributed by atoms with Gasteiger partial charge in [0, 0.05) is 16.6 Å². The minimum absolute atomic E-state index is 0.150. The Bertz CT molecular complexity index is 361. The highest BCUT2D eigenvalue weighted by Crippen LogP contribution is 2.23. The van der Waals surface area contributed by atoms with Crippen molar-refractivity contribution in [1.82, 2.24) is 0 Å². The van der Waals surface area contributed by atoms with E-state index in [9.17, 15) is 0 Å². The van der Waals surface area contributed by atoms with Crippen LogP contribution < -0.4 is 5.73 Å². The van der Waals surface area contributed by atoms with Gasteiger partial charge in [-0.3, -0.25) is 5.41 Å². The van der Waals surface area contributed by atoms with Gasteiger partial charge in [-0.05, 0) is 37.1 Å². The first-order valence-corrected chi connectivity index (χ1v) is 6.03. The van der Waals surface area contributed by atoms with Crippen molar-refractivity contribution in [1.29, 1.82) is 5.41 Å². The summed E-state index contributed by atoms with van der Waals surface area (Å²) in [5.74, 6) is 1.29. The van der Waals surface area contributed by atoms with Crippen LogP contribution in [0.5, 0.6) is 0 Å².